The van der Waals surface area contributed by atoms with E-state index in [1.54, 1.807) is 6.07 Å². The summed E-state index contributed by atoms with van der Waals surface area (Å²) in [5.74, 6) is 1.35. The minimum Gasteiger partial charge on any atom is -0.489 e. The van der Waals surface area contributed by atoms with Gasteiger partial charge in [0, 0.05) is 24.7 Å². The van der Waals surface area contributed by atoms with Gasteiger partial charge in [-0.1, -0.05) is 34.6 Å². The molecule has 6 nitrogen and oxygen atoms in total. The number of ether oxygens (including phenoxy) is 1. The highest BCUT2D eigenvalue weighted by molar-refractivity contribution is 5.96. The van der Waals surface area contributed by atoms with E-state index in [9.17, 15) is 4.79 Å². The van der Waals surface area contributed by atoms with E-state index in [4.69, 9.17) is 10.00 Å². The lowest BCUT2D eigenvalue weighted by atomic mass is 9.49. The molecule has 0 aliphatic heterocycles. The van der Waals surface area contributed by atoms with Crippen LogP contribution in [0, 0.1) is 42.9 Å². The number of aryl methyl sites for hydroxylation is 4. The summed E-state index contributed by atoms with van der Waals surface area (Å²) in [5.41, 5.74) is 2.93. The van der Waals surface area contributed by atoms with Crippen molar-refractivity contribution in [3.05, 3.63) is 52.1 Å². The van der Waals surface area contributed by atoms with E-state index in [0.717, 1.165) is 23.6 Å². The molecule has 0 radical (unpaired) electrons. The van der Waals surface area contributed by atoms with Crippen molar-refractivity contribution in [1.82, 2.24) is 15.3 Å². The zero-order valence-corrected chi connectivity index (χ0v) is 19.8. The molecule has 1 saturated carbocycles. The van der Waals surface area contributed by atoms with Crippen LogP contribution in [0.25, 0.3) is 0 Å². The Balaban J connectivity index is 0.00000363. The van der Waals surface area contributed by atoms with Crippen molar-refractivity contribution in [2.24, 2.45) is 10.8 Å². The average molecular weight is 423 g/mol. The van der Waals surface area contributed by atoms with Crippen LogP contribution in [0.4, 0.5) is 0 Å². The Morgan fingerprint density at radius 3 is 2.23 bits per heavy atom. The van der Waals surface area contributed by atoms with Crippen LogP contribution in [0.3, 0.4) is 0 Å². The molecule has 0 unspecified atom stereocenters. The van der Waals surface area contributed by atoms with Gasteiger partial charge in [0.25, 0.3) is 5.91 Å². The number of amides is 1. The van der Waals surface area contributed by atoms with Gasteiger partial charge < -0.3 is 10.1 Å². The summed E-state index contributed by atoms with van der Waals surface area (Å²) in [4.78, 5) is 22.1. The van der Waals surface area contributed by atoms with E-state index in [1.165, 1.54) is 0 Å². The fraction of sp³-hybridized carbons (Fsp3) is 0.520. The Hall–Kier alpha value is -2.94. The lowest BCUT2D eigenvalue weighted by Crippen LogP contribution is -2.74. The molecule has 1 heterocycles. The molecule has 1 aliphatic rings. The summed E-state index contributed by atoms with van der Waals surface area (Å²) >= 11 is 0. The molecule has 1 N–H and O–H groups in total. The van der Waals surface area contributed by atoms with Crippen molar-refractivity contribution in [3.8, 4) is 11.8 Å². The van der Waals surface area contributed by atoms with Crippen LogP contribution in [0.2, 0.25) is 0 Å². The number of aromatic nitrogens is 2. The van der Waals surface area contributed by atoms with E-state index in [0.29, 0.717) is 22.5 Å². The Morgan fingerprint density at radius 1 is 1.16 bits per heavy atom. The lowest BCUT2D eigenvalue weighted by molar-refractivity contribution is -0.164. The molecular formula is C25H34N4O2. The van der Waals surface area contributed by atoms with Gasteiger partial charge in [0.15, 0.2) is 0 Å². The van der Waals surface area contributed by atoms with Crippen molar-refractivity contribution in [3.63, 3.8) is 0 Å². The molecule has 1 aromatic heterocycles. The maximum Gasteiger partial charge on any atom is 0.255 e. The van der Waals surface area contributed by atoms with Gasteiger partial charge in [0.1, 0.15) is 17.7 Å². The van der Waals surface area contributed by atoms with Crippen LogP contribution in [0.5, 0.6) is 5.75 Å². The molecule has 166 valence electrons. The van der Waals surface area contributed by atoms with E-state index >= 15 is 0 Å². The summed E-state index contributed by atoms with van der Waals surface area (Å²) in [5, 5.41) is 12.4. The van der Waals surface area contributed by atoms with Crippen LogP contribution in [0.1, 0.15) is 74.7 Å². The third-order valence-electron chi connectivity index (χ3n) is 6.55. The smallest absolute Gasteiger partial charge is 0.255 e. The number of hydrogen-bond acceptors (Lipinski definition) is 5. The number of benzene rings is 1. The van der Waals surface area contributed by atoms with E-state index in [1.807, 2.05) is 39.8 Å². The summed E-state index contributed by atoms with van der Waals surface area (Å²) in [6.07, 6.45) is 0.638. The van der Waals surface area contributed by atoms with Crippen LogP contribution in [-0.2, 0) is 6.42 Å². The zero-order valence-electron chi connectivity index (χ0n) is 19.8. The second-order valence-electron chi connectivity index (χ2n) is 9.67. The molecule has 0 atom stereocenters. The van der Waals surface area contributed by atoms with Crippen molar-refractivity contribution in [1.29, 1.82) is 5.26 Å². The summed E-state index contributed by atoms with van der Waals surface area (Å²) in [6, 6.07) is 7.62. The molecule has 1 fully saturated rings. The van der Waals surface area contributed by atoms with Gasteiger partial charge in [-0.15, -0.1) is 0 Å². The maximum atomic E-state index is 13.2. The summed E-state index contributed by atoms with van der Waals surface area (Å²) in [6.45, 7) is 16.1. The number of nitriles is 1. The van der Waals surface area contributed by atoms with Crippen molar-refractivity contribution < 1.29 is 11.0 Å². The first-order valence-corrected chi connectivity index (χ1v) is 10.8. The van der Waals surface area contributed by atoms with E-state index in [-0.39, 0.29) is 30.3 Å². The molecule has 31 heavy (non-hydrogen) atoms. The molecule has 0 spiro atoms. The first-order chi connectivity index (χ1) is 14.4. The minimum absolute atomic E-state index is 0. The quantitative estimate of drug-likeness (QED) is 0.755. The number of hydrogen-bond donors (Lipinski definition) is 1. The monoisotopic (exact) mass is 422 g/mol. The maximum absolute atomic E-state index is 13.2. The second kappa shape index (κ2) is 7.96. The highest BCUT2D eigenvalue weighted by atomic mass is 16.5. The Morgan fingerprint density at radius 2 is 1.74 bits per heavy atom. The van der Waals surface area contributed by atoms with E-state index in [2.05, 4.69) is 49.0 Å². The highest BCUT2D eigenvalue weighted by Gasteiger charge is 2.64. The zero-order chi connectivity index (χ0) is 23.1. The lowest BCUT2D eigenvalue weighted by Gasteiger charge is -2.63. The number of carbonyl (C=O) groups excluding carboxylic acids is 1. The molecule has 2 aromatic rings. The molecule has 0 saturated heterocycles. The molecule has 1 amide bonds. The standard InChI is InChI=1S/C25H32N4O2.H2/c1-9-19-27-15(3)20(16(4)28-19)21(30)29-22-24(5,6)23(25(22,7)8)31-18-11-10-17(13-26)14(2)12-18;/h10-12,22-23H,9H2,1-8H3,(H,29,30);1H. The van der Waals surface area contributed by atoms with Crippen molar-refractivity contribution in [2.75, 3.05) is 0 Å². The Labute approximate surface area is 186 Å². The normalized spacial score (nSPS) is 21.0. The predicted molar refractivity (Wildman–Crippen MR) is 122 cm³/mol. The van der Waals surface area contributed by atoms with Gasteiger partial charge in [-0.05, 0) is 44.5 Å². The van der Waals surface area contributed by atoms with E-state index < -0.39 is 0 Å². The fourth-order valence-corrected chi connectivity index (χ4v) is 5.25. The van der Waals surface area contributed by atoms with Crippen LogP contribution in [0.15, 0.2) is 18.2 Å². The summed E-state index contributed by atoms with van der Waals surface area (Å²) in [7, 11) is 0. The molecule has 1 aromatic carbocycles. The fourth-order valence-electron chi connectivity index (χ4n) is 5.25. The van der Waals surface area contributed by atoms with Gasteiger partial charge in [-0.25, -0.2) is 9.97 Å². The SMILES string of the molecule is CCc1nc(C)c(C(=O)NC2C(C)(C)C(Oc3ccc(C#N)c(C)c3)C2(C)C)c(C)n1.[HH]. The second-order valence-corrected chi connectivity index (χ2v) is 9.67. The topological polar surface area (TPSA) is 87.9 Å². The van der Waals surface area contributed by atoms with Crippen LogP contribution in [-0.4, -0.2) is 28.0 Å². The molecule has 3 rings (SSSR count). The van der Waals surface area contributed by atoms with Crippen molar-refractivity contribution >= 4 is 5.91 Å². The number of rotatable bonds is 5. The third kappa shape index (κ3) is 3.89. The highest BCUT2D eigenvalue weighted by Crippen LogP contribution is 2.55. The molecular weight excluding hydrogens is 388 g/mol. The molecule has 6 heteroatoms. The van der Waals surface area contributed by atoms with Crippen LogP contribution < -0.4 is 10.1 Å². The van der Waals surface area contributed by atoms with Gasteiger partial charge in [-0.3, -0.25) is 4.79 Å². The van der Waals surface area contributed by atoms with Crippen molar-refractivity contribution in [2.45, 2.75) is 74.0 Å². The van der Waals surface area contributed by atoms with Gasteiger partial charge in [0.2, 0.25) is 0 Å². The number of nitrogens with zero attached hydrogens (tertiary/aromatic N) is 3. The van der Waals surface area contributed by atoms with Gasteiger partial charge in [-0.2, -0.15) is 5.26 Å². The van der Waals surface area contributed by atoms with Crippen LogP contribution >= 0.6 is 0 Å². The molecule has 1 aliphatic carbocycles. The predicted octanol–water partition coefficient (Wildman–Crippen LogP) is 4.69. The van der Waals surface area contributed by atoms with Gasteiger partial charge in [0.05, 0.1) is 28.6 Å². The Bertz CT molecular complexity index is 1030. The first kappa shape index (κ1) is 22.7. The Kier molecular flexibility index (Phi) is 5.84. The number of carbonyl (C=O) groups is 1. The molecule has 0 bridgehead atoms. The first-order valence-electron chi connectivity index (χ1n) is 10.8. The van der Waals surface area contributed by atoms with Gasteiger partial charge >= 0.3 is 0 Å². The minimum atomic E-state index is -0.285. The number of nitrogens with one attached hydrogen (secondary N) is 1. The summed E-state index contributed by atoms with van der Waals surface area (Å²) < 4.78 is 6.37. The largest absolute Gasteiger partial charge is 0.489 e. The third-order valence-corrected chi connectivity index (χ3v) is 6.55. The average Bonchev–Trinajstić information content (AvgIpc) is 2.69.